The summed E-state index contributed by atoms with van der Waals surface area (Å²) < 4.78 is 17.5. The van der Waals surface area contributed by atoms with Crippen LogP contribution in [0.15, 0.2) is 0 Å². The fraction of sp³-hybridized carbons (Fsp3) is 1.00. The van der Waals surface area contributed by atoms with Gasteiger partial charge in [0.25, 0.3) is 0 Å². The average Bonchev–Trinajstić information content (AvgIpc) is 3.18. The molecule has 0 saturated carbocycles. The van der Waals surface area contributed by atoms with E-state index < -0.39 is 0 Å². The van der Waals surface area contributed by atoms with Crippen LogP contribution in [0.5, 0.6) is 0 Å². The molecule has 1 aliphatic rings. The van der Waals surface area contributed by atoms with Gasteiger partial charge in [-0.1, -0.05) is 84.0 Å². The first-order valence-corrected chi connectivity index (χ1v) is 12.7. The molecule has 1 fully saturated rings. The molecule has 1 aliphatic heterocycles. The lowest BCUT2D eigenvalue weighted by Crippen LogP contribution is -2.15. The largest absolute Gasteiger partial charge is 0.396 e. The summed E-state index contributed by atoms with van der Waals surface area (Å²) in [6.45, 7) is 6.74. The van der Waals surface area contributed by atoms with Gasteiger partial charge in [-0.25, -0.2) is 0 Å². The molecule has 2 atom stereocenters. The molecule has 0 amide bonds. The minimum absolute atomic E-state index is 0.260. The Morgan fingerprint density at radius 1 is 0.690 bits per heavy atom. The van der Waals surface area contributed by atoms with Crippen LogP contribution in [0.1, 0.15) is 110 Å². The van der Waals surface area contributed by atoms with Crippen molar-refractivity contribution in [2.75, 3.05) is 39.6 Å². The van der Waals surface area contributed by atoms with Crippen molar-refractivity contribution < 1.29 is 19.3 Å². The molecular formula is C25H50O4. The van der Waals surface area contributed by atoms with Crippen LogP contribution < -0.4 is 0 Å². The van der Waals surface area contributed by atoms with Gasteiger partial charge >= 0.3 is 0 Å². The van der Waals surface area contributed by atoms with Gasteiger partial charge in [-0.3, -0.25) is 0 Å². The Labute approximate surface area is 181 Å². The SMILES string of the molecule is CCCCCCCCCCCCOCC1COC(COCCCCCCCO)C1. The molecule has 1 rings (SSSR count). The van der Waals surface area contributed by atoms with Gasteiger partial charge in [-0.15, -0.1) is 0 Å². The zero-order valence-corrected chi connectivity index (χ0v) is 19.4. The highest BCUT2D eigenvalue weighted by atomic mass is 16.5. The number of aliphatic hydroxyl groups excluding tert-OH is 1. The Morgan fingerprint density at radius 3 is 1.79 bits per heavy atom. The molecule has 4 nitrogen and oxygen atoms in total. The molecule has 29 heavy (non-hydrogen) atoms. The lowest BCUT2D eigenvalue weighted by atomic mass is 10.1. The maximum atomic E-state index is 8.75. The van der Waals surface area contributed by atoms with E-state index in [0.29, 0.717) is 12.5 Å². The number of rotatable bonds is 22. The average molecular weight is 415 g/mol. The Bertz CT molecular complexity index is 324. The second kappa shape index (κ2) is 21.1. The van der Waals surface area contributed by atoms with Gasteiger partial charge in [0.15, 0.2) is 0 Å². The minimum Gasteiger partial charge on any atom is -0.396 e. The number of ether oxygens (including phenoxy) is 3. The fourth-order valence-electron chi connectivity index (χ4n) is 4.01. The second-order valence-electron chi connectivity index (χ2n) is 8.88. The minimum atomic E-state index is 0.260. The zero-order valence-electron chi connectivity index (χ0n) is 19.4. The summed E-state index contributed by atoms with van der Waals surface area (Å²) in [7, 11) is 0. The van der Waals surface area contributed by atoms with E-state index in [1.54, 1.807) is 0 Å². The Hall–Kier alpha value is -0.160. The topological polar surface area (TPSA) is 47.9 Å². The van der Waals surface area contributed by atoms with Crippen molar-refractivity contribution in [3.8, 4) is 0 Å². The molecule has 0 aromatic carbocycles. The predicted octanol–water partition coefficient (Wildman–Crippen LogP) is 6.29. The molecule has 2 unspecified atom stereocenters. The molecule has 1 N–H and O–H groups in total. The van der Waals surface area contributed by atoms with Crippen LogP contribution >= 0.6 is 0 Å². The standard InChI is InChI=1S/C25H50O4/c1-2-3-4-5-6-7-8-9-12-15-18-27-21-24-20-25(29-22-24)23-28-19-16-13-10-11-14-17-26/h24-26H,2-23H2,1H3. The van der Waals surface area contributed by atoms with Crippen molar-refractivity contribution in [2.45, 2.75) is 116 Å². The summed E-state index contributed by atoms with van der Waals surface area (Å²) >= 11 is 0. The van der Waals surface area contributed by atoms with E-state index in [-0.39, 0.29) is 6.10 Å². The molecule has 0 radical (unpaired) electrons. The first-order chi connectivity index (χ1) is 14.4. The van der Waals surface area contributed by atoms with E-state index in [0.717, 1.165) is 58.7 Å². The first kappa shape index (κ1) is 26.9. The molecule has 174 valence electrons. The van der Waals surface area contributed by atoms with E-state index in [9.17, 15) is 0 Å². The van der Waals surface area contributed by atoms with Crippen LogP contribution in [0, 0.1) is 5.92 Å². The van der Waals surface area contributed by atoms with Crippen LogP contribution in [-0.2, 0) is 14.2 Å². The van der Waals surface area contributed by atoms with E-state index in [1.165, 1.54) is 77.0 Å². The van der Waals surface area contributed by atoms with Crippen LogP contribution in [0.2, 0.25) is 0 Å². The van der Waals surface area contributed by atoms with Crippen molar-refractivity contribution in [3.63, 3.8) is 0 Å². The summed E-state index contributed by atoms with van der Waals surface area (Å²) in [6, 6.07) is 0. The maximum Gasteiger partial charge on any atom is 0.0813 e. The summed E-state index contributed by atoms with van der Waals surface area (Å²) in [5.41, 5.74) is 0. The van der Waals surface area contributed by atoms with Crippen LogP contribution in [0.3, 0.4) is 0 Å². The molecule has 1 heterocycles. The van der Waals surface area contributed by atoms with Gasteiger partial charge in [0.1, 0.15) is 0 Å². The highest BCUT2D eigenvalue weighted by molar-refractivity contribution is 4.73. The van der Waals surface area contributed by atoms with Crippen molar-refractivity contribution in [3.05, 3.63) is 0 Å². The monoisotopic (exact) mass is 414 g/mol. The van der Waals surface area contributed by atoms with Gasteiger partial charge in [0.2, 0.25) is 0 Å². The third-order valence-electron chi connectivity index (χ3n) is 5.91. The lowest BCUT2D eigenvalue weighted by Gasteiger charge is -2.11. The molecule has 4 heteroatoms. The molecular weight excluding hydrogens is 364 g/mol. The van der Waals surface area contributed by atoms with Crippen molar-refractivity contribution in [1.29, 1.82) is 0 Å². The van der Waals surface area contributed by atoms with Crippen molar-refractivity contribution >= 4 is 0 Å². The third-order valence-corrected chi connectivity index (χ3v) is 5.91. The summed E-state index contributed by atoms with van der Waals surface area (Å²) in [4.78, 5) is 0. The van der Waals surface area contributed by atoms with Gasteiger partial charge in [0, 0.05) is 25.7 Å². The molecule has 0 bridgehead atoms. The van der Waals surface area contributed by atoms with E-state index >= 15 is 0 Å². The van der Waals surface area contributed by atoms with Crippen LogP contribution in [-0.4, -0.2) is 50.9 Å². The van der Waals surface area contributed by atoms with E-state index in [1.807, 2.05) is 0 Å². The molecule has 1 saturated heterocycles. The number of unbranched alkanes of at least 4 members (excludes halogenated alkanes) is 13. The van der Waals surface area contributed by atoms with Gasteiger partial charge in [-0.05, 0) is 25.7 Å². The zero-order chi connectivity index (χ0) is 20.8. The highest BCUT2D eigenvalue weighted by Crippen LogP contribution is 2.20. The first-order valence-electron chi connectivity index (χ1n) is 12.7. The van der Waals surface area contributed by atoms with Crippen LogP contribution in [0.4, 0.5) is 0 Å². The van der Waals surface area contributed by atoms with Crippen LogP contribution in [0.25, 0.3) is 0 Å². The normalized spacial score (nSPS) is 19.2. The number of aliphatic hydroxyl groups is 1. The molecule has 0 aliphatic carbocycles. The quantitative estimate of drug-likeness (QED) is 0.212. The molecule has 0 spiro atoms. The van der Waals surface area contributed by atoms with Gasteiger partial charge < -0.3 is 19.3 Å². The van der Waals surface area contributed by atoms with Gasteiger partial charge in [-0.2, -0.15) is 0 Å². The third kappa shape index (κ3) is 17.2. The predicted molar refractivity (Wildman–Crippen MR) is 121 cm³/mol. The Balaban J connectivity index is 1.78. The van der Waals surface area contributed by atoms with Crippen molar-refractivity contribution in [2.24, 2.45) is 5.92 Å². The van der Waals surface area contributed by atoms with Crippen molar-refractivity contribution in [1.82, 2.24) is 0 Å². The lowest BCUT2D eigenvalue weighted by molar-refractivity contribution is 0.0140. The van der Waals surface area contributed by atoms with Gasteiger partial charge in [0.05, 0.1) is 25.9 Å². The Kier molecular flexibility index (Phi) is 19.5. The summed E-state index contributed by atoms with van der Waals surface area (Å²) in [5.74, 6) is 0.546. The number of hydrogen-bond donors (Lipinski definition) is 1. The fourth-order valence-corrected chi connectivity index (χ4v) is 4.01. The van der Waals surface area contributed by atoms with E-state index in [2.05, 4.69) is 6.92 Å². The maximum absolute atomic E-state index is 8.75. The molecule has 0 aromatic heterocycles. The second-order valence-corrected chi connectivity index (χ2v) is 8.88. The Morgan fingerprint density at radius 2 is 1.21 bits per heavy atom. The number of hydrogen-bond acceptors (Lipinski definition) is 4. The highest BCUT2D eigenvalue weighted by Gasteiger charge is 2.25. The smallest absolute Gasteiger partial charge is 0.0813 e. The summed E-state index contributed by atoms with van der Waals surface area (Å²) in [6.07, 6.45) is 20.6. The summed E-state index contributed by atoms with van der Waals surface area (Å²) in [5, 5.41) is 8.75. The molecule has 0 aromatic rings. The van der Waals surface area contributed by atoms with E-state index in [4.69, 9.17) is 19.3 Å².